The van der Waals surface area contributed by atoms with Crippen molar-refractivity contribution in [1.82, 2.24) is 15.1 Å². The Labute approximate surface area is 105 Å². The molecule has 1 aromatic heterocycles. The van der Waals surface area contributed by atoms with Crippen molar-refractivity contribution < 1.29 is 14.3 Å². The maximum Gasteiger partial charge on any atom is 0.322 e. The summed E-state index contributed by atoms with van der Waals surface area (Å²) in [4.78, 5) is 13.5. The molecular formula is C11H18N4O3. The van der Waals surface area contributed by atoms with Crippen LogP contribution in [0, 0.1) is 12.8 Å². The Morgan fingerprint density at radius 2 is 2.22 bits per heavy atom. The number of nitrogens with one attached hydrogen (secondary N) is 1. The molecule has 0 unspecified atom stereocenters. The van der Waals surface area contributed by atoms with E-state index in [0.29, 0.717) is 19.0 Å². The summed E-state index contributed by atoms with van der Waals surface area (Å²) in [5.41, 5.74) is -0.665. The molecular weight excluding hydrogens is 236 g/mol. The first-order valence-corrected chi connectivity index (χ1v) is 5.94. The zero-order chi connectivity index (χ0) is 13.3. The molecule has 2 rings (SSSR count). The first-order valence-electron chi connectivity index (χ1n) is 5.94. The van der Waals surface area contributed by atoms with Gasteiger partial charge >= 0.3 is 6.01 Å². The molecule has 7 nitrogen and oxygen atoms in total. The zero-order valence-electron chi connectivity index (χ0n) is 10.8. The number of anilines is 1. The molecule has 1 aromatic rings. The van der Waals surface area contributed by atoms with E-state index in [1.54, 1.807) is 6.92 Å². The molecule has 2 heterocycles. The quantitative estimate of drug-likeness (QED) is 0.787. The van der Waals surface area contributed by atoms with E-state index in [4.69, 9.17) is 4.42 Å². The van der Waals surface area contributed by atoms with Crippen molar-refractivity contribution in [3.63, 3.8) is 0 Å². The van der Waals surface area contributed by atoms with E-state index < -0.39 is 5.60 Å². The highest BCUT2D eigenvalue weighted by atomic mass is 16.4. The Morgan fingerprint density at radius 1 is 1.56 bits per heavy atom. The number of hydrogen-bond acceptors (Lipinski definition) is 6. The molecule has 0 atom stereocenters. The molecule has 1 saturated heterocycles. The second-order valence-corrected chi connectivity index (χ2v) is 5.08. The topological polar surface area (TPSA) is 91.5 Å². The van der Waals surface area contributed by atoms with Gasteiger partial charge in [0.25, 0.3) is 0 Å². The highest BCUT2D eigenvalue weighted by Gasteiger charge is 2.43. The number of aromatic nitrogens is 2. The molecule has 0 bridgehead atoms. The van der Waals surface area contributed by atoms with E-state index in [1.165, 1.54) is 0 Å². The van der Waals surface area contributed by atoms with Gasteiger partial charge in [-0.25, -0.2) is 0 Å². The largest absolute Gasteiger partial charge is 0.408 e. The fourth-order valence-electron chi connectivity index (χ4n) is 1.91. The lowest BCUT2D eigenvalue weighted by Crippen LogP contribution is -2.65. The van der Waals surface area contributed by atoms with Crippen LogP contribution < -0.4 is 5.32 Å². The second kappa shape index (κ2) is 4.66. The van der Waals surface area contributed by atoms with Crippen LogP contribution in [0.2, 0.25) is 0 Å². The van der Waals surface area contributed by atoms with E-state index in [1.807, 2.05) is 18.7 Å². The average molecular weight is 254 g/mol. The van der Waals surface area contributed by atoms with Gasteiger partial charge in [0.05, 0.1) is 12.1 Å². The standard InChI is InChI=1S/C11H18N4O3/c1-7(2)11(17)5-15(6-11)4-9(16)12-10-14-13-8(3)18-10/h7,17H,4-6H2,1-3H3,(H,12,14,16). The second-order valence-electron chi connectivity index (χ2n) is 5.08. The van der Waals surface area contributed by atoms with E-state index in [9.17, 15) is 9.90 Å². The van der Waals surface area contributed by atoms with Crippen LogP contribution in [0.15, 0.2) is 4.42 Å². The van der Waals surface area contributed by atoms with Crippen molar-refractivity contribution in [2.24, 2.45) is 5.92 Å². The highest BCUT2D eigenvalue weighted by Crippen LogP contribution is 2.28. The predicted molar refractivity (Wildman–Crippen MR) is 63.9 cm³/mol. The number of β-amino-alcohol motifs (C(OH)–C–C–N with tert-alkyl or cyclic N) is 1. The van der Waals surface area contributed by atoms with Gasteiger partial charge in [0.1, 0.15) is 0 Å². The fourth-order valence-corrected chi connectivity index (χ4v) is 1.91. The van der Waals surface area contributed by atoms with Crippen molar-refractivity contribution in [1.29, 1.82) is 0 Å². The zero-order valence-corrected chi connectivity index (χ0v) is 10.8. The smallest absolute Gasteiger partial charge is 0.322 e. The molecule has 100 valence electrons. The molecule has 0 radical (unpaired) electrons. The SMILES string of the molecule is Cc1nnc(NC(=O)CN2CC(O)(C(C)C)C2)o1. The summed E-state index contributed by atoms with van der Waals surface area (Å²) in [6, 6.07) is 0.108. The summed E-state index contributed by atoms with van der Waals surface area (Å²) in [5, 5.41) is 19.9. The van der Waals surface area contributed by atoms with Crippen molar-refractivity contribution in [2.45, 2.75) is 26.4 Å². The number of nitrogens with zero attached hydrogens (tertiary/aromatic N) is 3. The first-order chi connectivity index (χ1) is 8.39. The van der Waals surface area contributed by atoms with Crippen LogP contribution in [-0.4, -0.2) is 51.3 Å². The van der Waals surface area contributed by atoms with Gasteiger partial charge in [0.15, 0.2) is 0 Å². The van der Waals surface area contributed by atoms with Gasteiger partial charge in [-0.1, -0.05) is 18.9 Å². The number of hydrogen-bond donors (Lipinski definition) is 2. The summed E-state index contributed by atoms with van der Waals surface area (Å²) in [7, 11) is 0. The van der Waals surface area contributed by atoms with E-state index >= 15 is 0 Å². The lowest BCUT2D eigenvalue weighted by molar-refractivity contribution is -0.139. The molecule has 2 N–H and O–H groups in total. The predicted octanol–water partition coefficient (Wildman–Crippen LogP) is 0.0192. The normalized spacial score (nSPS) is 18.7. The number of aliphatic hydroxyl groups is 1. The van der Waals surface area contributed by atoms with Crippen molar-refractivity contribution in [3.05, 3.63) is 5.89 Å². The molecule has 0 aliphatic carbocycles. The van der Waals surface area contributed by atoms with Crippen LogP contribution in [0.1, 0.15) is 19.7 Å². The molecule has 1 fully saturated rings. The van der Waals surface area contributed by atoms with E-state index in [0.717, 1.165) is 0 Å². The minimum atomic E-state index is -0.665. The Kier molecular flexibility index (Phi) is 3.36. The van der Waals surface area contributed by atoms with Crippen LogP contribution in [-0.2, 0) is 4.79 Å². The summed E-state index contributed by atoms with van der Waals surface area (Å²) in [6.45, 7) is 6.84. The minimum absolute atomic E-state index is 0.108. The number of carbonyl (C=O) groups excluding carboxylic acids is 1. The maximum atomic E-state index is 11.6. The lowest BCUT2D eigenvalue weighted by Gasteiger charge is -2.48. The van der Waals surface area contributed by atoms with Gasteiger partial charge in [0.2, 0.25) is 11.8 Å². The summed E-state index contributed by atoms with van der Waals surface area (Å²) >= 11 is 0. The van der Waals surface area contributed by atoms with Crippen molar-refractivity contribution in [3.8, 4) is 0 Å². The third-order valence-electron chi connectivity index (χ3n) is 3.21. The van der Waals surface area contributed by atoms with Crippen LogP contribution in [0.25, 0.3) is 0 Å². The third-order valence-corrected chi connectivity index (χ3v) is 3.21. The van der Waals surface area contributed by atoms with Crippen LogP contribution >= 0.6 is 0 Å². The Balaban J connectivity index is 1.77. The van der Waals surface area contributed by atoms with Gasteiger partial charge in [-0.05, 0) is 5.92 Å². The van der Waals surface area contributed by atoms with Gasteiger partial charge in [0, 0.05) is 20.0 Å². The number of rotatable bonds is 4. The van der Waals surface area contributed by atoms with E-state index in [2.05, 4.69) is 15.5 Å². The molecule has 7 heteroatoms. The summed E-state index contributed by atoms with van der Waals surface area (Å²) < 4.78 is 5.04. The average Bonchev–Trinajstić information content (AvgIpc) is 2.61. The first kappa shape index (κ1) is 13.0. The van der Waals surface area contributed by atoms with Crippen LogP contribution in [0.4, 0.5) is 6.01 Å². The summed E-state index contributed by atoms with van der Waals surface area (Å²) in [6.07, 6.45) is 0. The highest BCUT2D eigenvalue weighted by molar-refractivity contribution is 5.90. The number of carbonyl (C=O) groups is 1. The third kappa shape index (κ3) is 2.68. The molecule has 1 aliphatic rings. The fraction of sp³-hybridized carbons (Fsp3) is 0.727. The van der Waals surface area contributed by atoms with Crippen molar-refractivity contribution >= 4 is 11.9 Å². The Morgan fingerprint density at radius 3 is 2.72 bits per heavy atom. The molecule has 0 spiro atoms. The van der Waals surface area contributed by atoms with Gasteiger partial charge in [-0.15, -0.1) is 5.10 Å². The van der Waals surface area contributed by atoms with Gasteiger partial charge < -0.3 is 9.52 Å². The number of aryl methyl sites for hydroxylation is 1. The monoisotopic (exact) mass is 254 g/mol. The molecule has 1 aliphatic heterocycles. The lowest BCUT2D eigenvalue weighted by atomic mass is 9.83. The number of amides is 1. The Bertz CT molecular complexity index is 437. The summed E-state index contributed by atoms with van der Waals surface area (Å²) in [5.74, 6) is 0.378. The van der Waals surface area contributed by atoms with Crippen LogP contribution in [0.5, 0.6) is 0 Å². The van der Waals surface area contributed by atoms with E-state index in [-0.39, 0.29) is 24.4 Å². The number of likely N-dealkylation sites (tertiary alicyclic amines) is 1. The van der Waals surface area contributed by atoms with Gasteiger partial charge in [-0.3, -0.25) is 15.0 Å². The van der Waals surface area contributed by atoms with Crippen LogP contribution in [0.3, 0.4) is 0 Å². The Hall–Kier alpha value is -1.47. The maximum absolute atomic E-state index is 11.6. The molecule has 0 aromatic carbocycles. The molecule has 18 heavy (non-hydrogen) atoms. The molecule has 1 amide bonds. The van der Waals surface area contributed by atoms with Gasteiger partial charge in [-0.2, -0.15) is 0 Å². The minimum Gasteiger partial charge on any atom is -0.408 e. The van der Waals surface area contributed by atoms with Crippen molar-refractivity contribution in [2.75, 3.05) is 25.0 Å². The molecule has 0 saturated carbocycles.